The first-order valence-electron chi connectivity index (χ1n) is 4.29. The average molecular weight is 206 g/mol. The van der Waals surface area contributed by atoms with Gasteiger partial charge in [-0.1, -0.05) is 0 Å². The first kappa shape index (κ1) is 9.38. The first-order valence-corrected chi connectivity index (χ1v) is 4.29. The van der Waals surface area contributed by atoms with Gasteiger partial charge in [-0.15, -0.1) is 10.2 Å². The van der Waals surface area contributed by atoms with Gasteiger partial charge in [0.15, 0.2) is 0 Å². The molecule has 78 valence electrons. The number of aliphatic carboxylic acids is 1. The van der Waals surface area contributed by atoms with Gasteiger partial charge in [0.2, 0.25) is 0 Å². The Morgan fingerprint density at radius 3 is 2.80 bits per heavy atom. The van der Waals surface area contributed by atoms with Gasteiger partial charge in [-0.3, -0.25) is 0 Å². The number of carboxylic acid groups (broad SMARTS) is 1. The highest BCUT2D eigenvalue weighted by molar-refractivity contribution is 5.69. The Bertz CT molecular complexity index is 422. The lowest BCUT2D eigenvalue weighted by atomic mass is 10.1. The number of carbonyl (C=O) groups is 1. The van der Waals surface area contributed by atoms with Gasteiger partial charge in [0.25, 0.3) is 0 Å². The molecule has 0 aliphatic carbocycles. The van der Waals surface area contributed by atoms with Crippen molar-refractivity contribution in [2.24, 2.45) is 0 Å². The van der Waals surface area contributed by atoms with Crippen molar-refractivity contribution in [2.75, 3.05) is 0 Å². The Hall–Kier alpha value is -2.18. The molecule has 2 aromatic heterocycles. The van der Waals surface area contributed by atoms with Crippen molar-refractivity contribution >= 4 is 5.97 Å². The van der Waals surface area contributed by atoms with Crippen molar-refractivity contribution in [1.82, 2.24) is 24.7 Å². The third kappa shape index (κ3) is 2.01. The fourth-order valence-corrected chi connectivity index (χ4v) is 1.28. The minimum absolute atomic E-state index is 0.264. The molecule has 0 amide bonds. The fourth-order valence-electron chi connectivity index (χ4n) is 1.28. The summed E-state index contributed by atoms with van der Waals surface area (Å²) in [6.45, 7) is 0. The van der Waals surface area contributed by atoms with Crippen molar-refractivity contribution in [3.05, 3.63) is 30.9 Å². The highest BCUT2D eigenvalue weighted by atomic mass is 16.4. The second kappa shape index (κ2) is 3.91. The van der Waals surface area contributed by atoms with E-state index in [2.05, 4.69) is 20.2 Å². The number of carboxylic acids is 1. The molecule has 1 atom stereocenters. The molecule has 0 saturated carbocycles. The van der Waals surface area contributed by atoms with Crippen LogP contribution >= 0.6 is 0 Å². The zero-order valence-electron chi connectivity index (χ0n) is 7.70. The fraction of sp³-hybridized carbons (Fsp3) is 0.250. The molecule has 7 nitrogen and oxygen atoms in total. The summed E-state index contributed by atoms with van der Waals surface area (Å²) in [6.07, 6.45) is 6.02. The smallest absolute Gasteiger partial charge is 0.119 e. The van der Waals surface area contributed by atoms with E-state index in [1.165, 1.54) is 23.5 Å². The van der Waals surface area contributed by atoms with Crippen LogP contribution in [0.5, 0.6) is 0 Å². The van der Waals surface area contributed by atoms with Gasteiger partial charge in [-0.2, -0.15) is 0 Å². The number of H-pyrrole nitrogens is 1. The molecule has 0 aliphatic heterocycles. The minimum Gasteiger partial charge on any atom is -0.548 e. The second-order valence-corrected chi connectivity index (χ2v) is 3.02. The van der Waals surface area contributed by atoms with Crippen molar-refractivity contribution in [1.29, 1.82) is 0 Å². The lowest BCUT2D eigenvalue weighted by Crippen LogP contribution is -2.34. The number of hydrogen-bond acceptors (Lipinski definition) is 5. The summed E-state index contributed by atoms with van der Waals surface area (Å²) in [5.41, 5.74) is 0.720. The van der Waals surface area contributed by atoms with E-state index in [4.69, 9.17) is 0 Å². The van der Waals surface area contributed by atoms with E-state index >= 15 is 0 Å². The summed E-state index contributed by atoms with van der Waals surface area (Å²) in [5.74, 6) is -1.18. The molecule has 0 saturated heterocycles. The molecule has 0 bridgehead atoms. The van der Waals surface area contributed by atoms with E-state index in [0.29, 0.717) is 0 Å². The number of nitrogens with one attached hydrogen (secondary N) is 1. The van der Waals surface area contributed by atoms with Crippen LogP contribution in [0.2, 0.25) is 0 Å². The van der Waals surface area contributed by atoms with Gasteiger partial charge >= 0.3 is 0 Å². The van der Waals surface area contributed by atoms with Gasteiger partial charge in [0.1, 0.15) is 12.7 Å². The number of nitrogens with zero attached hydrogens (tertiary/aromatic N) is 4. The number of aromatic amines is 1. The summed E-state index contributed by atoms with van der Waals surface area (Å²) >= 11 is 0. The van der Waals surface area contributed by atoms with Crippen molar-refractivity contribution in [3.8, 4) is 0 Å². The van der Waals surface area contributed by atoms with Crippen LogP contribution in [-0.2, 0) is 11.2 Å². The third-order valence-corrected chi connectivity index (χ3v) is 2.04. The van der Waals surface area contributed by atoms with Gasteiger partial charge < -0.3 is 19.5 Å². The monoisotopic (exact) mass is 206 g/mol. The summed E-state index contributed by atoms with van der Waals surface area (Å²) < 4.78 is 1.39. The Labute approximate surface area is 84.8 Å². The van der Waals surface area contributed by atoms with E-state index in [1.807, 2.05) is 0 Å². The lowest BCUT2D eigenvalue weighted by molar-refractivity contribution is -0.310. The van der Waals surface area contributed by atoms with Crippen LogP contribution in [0.4, 0.5) is 0 Å². The van der Waals surface area contributed by atoms with Crippen LogP contribution in [0, 0.1) is 0 Å². The first-order chi connectivity index (χ1) is 7.27. The van der Waals surface area contributed by atoms with E-state index < -0.39 is 12.0 Å². The Morgan fingerprint density at radius 2 is 2.27 bits per heavy atom. The Balaban J connectivity index is 2.18. The van der Waals surface area contributed by atoms with Crippen LogP contribution in [0.1, 0.15) is 11.7 Å². The van der Waals surface area contributed by atoms with Crippen molar-refractivity contribution in [2.45, 2.75) is 12.5 Å². The molecular formula is C8H8N5O2-. The number of rotatable bonds is 4. The zero-order chi connectivity index (χ0) is 10.7. The van der Waals surface area contributed by atoms with Crippen molar-refractivity contribution < 1.29 is 9.90 Å². The maximum Gasteiger partial charge on any atom is 0.119 e. The van der Waals surface area contributed by atoms with Gasteiger partial charge in [0, 0.05) is 18.3 Å². The van der Waals surface area contributed by atoms with E-state index in [9.17, 15) is 9.90 Å². The van der Waals surface area contributed by atoms with Crippen LogP contribution in [-0.4, -0.2) is 30.7 Å². The Morgan fingerprint density at radius 1 is 1.53 bits per heavy atom. The highest BCUT2D eigenvalue weighted by Gasteiger charge is 2.13. The number of aromatic nitrogens is 5. The number of hydrogen-bond donors (Lipinski definition) is 1. The number of carbonyl (C=O) groups excluding carboxylic acids is 1. The highest BCUT2D eigenvalue weighted by Crippen LogP contribution is 2.10. The molecule has 0 radical (unpaired) electrons. The summed E-state index contributed by atoms with van der Waals surface area (Å²) in [6, 6.07) is -0.819. The second-order valence-electron chi connectivity index (χ2n) is 3.02. The average Bonchev–Trinajstić information content (AvgIpc) is 2.87. The quantitative estimate of drug-likeness (QED) is 0.658. The number of imidazole rings is 1. The molecule has 0 aromatic carbocycles. The predicted molar refractivity (Wildman–Crippen MR) is 46.4 cm³/mol. The zero-order valence-corrected chi connectivity index (χ0v) is 7.70. The molecule has 2 heterocycles. The standard InChI is InChI=1S/C8H9N5O2/c14-8(15)7(13-4-11-12-5-13)1-6-2-9-3-10-6/h2-5,7H,1H2,(H,9,10)(H,14,15)/p-1/t7-/m0/s1. The third-order valence-electron chi connectivity index (χ3n) is 2.04. The van der Waals surface area contributed by atoms with Gasteiger partial charge in [-0.05, 0) is 0 Å². The van der Waals surface area contributed by atoms with Gasteiger partial charge in [-0.25, -0.2) is 4.98 Å². The maximum absolute atomic E-state index is 10.9. The SMILES string of the molecule is O=C([O-])[C@H](Cc1cnc[nH]1)n1cnnc1. The van der Waals surface area contributed by atoms with Crippen LogP contribution in [0.25, 0.3) is 0 Å². The van der Waals surface area contributed by atoms with E-state index in [1.54, 1.807) is 6.20 Å². The van der Waals surface area contributed by atoms with Crippen LogP contribution in [0.3, 0.4) is 0 Å². The van der Waals surface area contributed by atoms with Crippen molar-refractivity contribution in [3.63, 3.8) is 0 Å². The minimum atomic E-state index is -1.18. The van der Waals surface area contributed by atoms with Crippen LogP contribution in [0.15, 0.2) is 25.2 Å². The van der Waals surface area contributed by atoms with E-state index in [-0.39, 0.29) is 6.42 Å². The molecule has 0 spiro atoms. The molecule has 0 aliphatic rings. The van der Waals surface area contributed by atoms with E-state index in [0.717, 1.165) is 5.69 Å². The normalized spacial score (nSPS) is 12.5. The molecule has 0 fully saturated rings. The summed E-state index contributed by atoms with van der Waals surface area (Å²) in [5, 5.41) is 18.0. The summed E-state index contributed by atoms with van der Waals surface area (Å²) in [7, 11) is 0. The lowest BCUT2D eigenvalue weighted by Gasteiger charge is -2.17. The molecule has 2 aromatic rings. The Kier molecular flexibility index (Phi) is 2.44. The predicted octanol–water partition coefficient (Wildman–Crippen LogP) is -1.47. The van der Waals surface area contributed by atoms with Gasteiger partial charge in [0.05, 0.1) is 18.3 Å². The molecule has 7 heteroatoms. The molecule has 2 rings (SSSR count). The molecular weight excluding hydrogens is 198 g/mol. The maximum atomic E-state index is 10.9. The largest absolute Gasteiger partial charge is 0.548 e. The van der Waals surface area contributed by atoms with Crippen LogP contribution < -0.4 is 5.11 Å². The molecule has 1 N–H and O–H groups in total. The summed E-state index contributed by atoms with van der Waals surface area (Å²) in [4.78, 5) is 17.5. The topological polar surface area (TPSA) is 99.5 Å². The molecule has 15 heavy (non-hydrogen) atoms. The molecule has 0 unspecified atom stereocenters.